The van der Waals surface area contributed by atoms with E-state index in [2.05, 4.69) is 5.32 Å². The van der Waals surface area contributed by atoms with Crippen LogP contribution >= 0.6 is 0 Å². The molecule has 4 rings (SSSR count). The topological polar surface area (TPSA) is 103 Å². The van der Waals surface area contributed by atoms with Crippen molar-refractivity contribution in [3.8, 4) is 5.75 Å². The van der Waals surface area contributed by atoms with Crippen LogP contribution in [0.1, 0.15) is 31.8 Å². The molecule has 4 aromatic rings. The summed E-state index contributed by atoms with van der Waals surface area (Å²) in [6.45, 7) is 0.344. The molecule has 1 N–H and O–H groups in total. The van der Waals surface area contributed by atoms with E-state index in [0.29, 0.717) is 28.8 Å². The Hall–Kier alpha value is -4.66. The number of nitrogens with one attached hydrogen (secondary N) is 1. The van der Waals surface area contributed by atoms with Crippen molar-refractivity contribution >= 4 is 22.7 Å². The second-order valence-electron chi connectivity index (χ2n) is 8.89. The lowest BCUT2D eigenvalue weighted by atomic mass is 10.1. The van der Waals surface area contributed by atoms with Crippen LogP contribution in [0.5, 0.6) is 5.75 Å². The Morgan fingerprint density at radius 2 is 1.51 bits per heavy atom. The van der Waals surface area contributed by atoms with Gasteiger partial charge in [-0.05, 0) is 53.6 Å². The molecule has 0 unspecified atom stereocenters. The maximum absolute atomic E-state index is 13.3. The van der Waals surface area contributed by atoms with Gasteiger partial charge in [-0.2, -0.15) is 0 Å². The van der Waals surface area contributed by atoms with Crippen LogP contribution in [0.2, 0.25) is 0 Å². The minimum atomic E-state index is -0.489. The van der Waals surface area contributed by atoms with Crippen LogP contribution in [-0.2, 0) is 20.1 Å². The number of aromatic nitrogens is 2. The van der Waals surface area contributed by atoms with Crippen LogP contribution in [0, 0.1) is 0 Å². The zero-order valence-corrected chi connectivity index (χ0v) is 21.1. The number of fused-ring (bicyclic) bond motifs is 1. The Morgan fingerprint density at radius 1 is 0.892 bits per heavy atom. The van der Waals surface area contributed by atoms with Crippen molar-refractivity contribution in [3.05, 3.63) is 110 Å². The Bertz CT molecular complexity index is 1580. The maximum atomic E-state index is 13.3. The first-order valence-corrected chi connectivity index (χ1v) is 11.6. The molecule has 0 aliphatic carbocycles. The number of carbonyl (C=O) groups is 2. The third-order valence-corrected chi connectivity index (χ3v) is 6.17. The first kappa shape index (κ1) is 25.4. The summed E-state index contributed by atoms with van der Waals surface area (Å²) in [6.07, 6.45) is 0. The monoisotopic (exact) mass is 500 g/mol. The van der Waals surface area contributed by atoms with Crippen molar-refractivity contribution in [2.45, 2.75) is 13.1 Å². The molecule has 0 aliphatic rings. The molecular formula is C28H28N4O5. The first-order valence-electron chi connectivity index (χ1n) is 11.6. The maximum Gasteiger partial charge on any atom is 0.331 e. The molecule has 0 bridgehead atoms. The number of carbonyl (C=O) groups excluding carboxylic acids is 2. The molecule has 0 spiro atoms. The van der Waals surface area contributed by atoms with E-state index in [0.717, 1.165) is 15.9 Å². The van der Waals surface area contributed by atoms with E-state index in [1.165, 1.54) is 15.5 Å². The Balaban J connectivity index is 1.61. The van der Waals surface area contributed by atoms with Gasteiger partial charge in [0, 0.05) is 38.8 Å². The van der Waals surface area contributed by atoms with Gasteiger partial charge in [0.2, 0.25) is 0 Å². The molecule has 9 nitrogen and oxygen atoms in total. The van der Waals surface area contributed by atoms with Gasteiger partial charge < -0.3 is 15.0 Å². The smallest absolute Gasteiger partial charge is 0.331 e. The summed E-state index contributed by atoms with van der Waals surface area (Å²) >= 11 is 0. The van der Waals surface area contributed by atoms with Crippen molar-refractivity contribution in [1.82, 2.24) is 19.4 Å². The minimum Gasteiger partial charge on any atom is -0.497 e. The van der Waals surface area contributed by atoms with E-state index in [1.54, 1.807) is 64.7 Å². The zero-order valence-electron chi connectivity index (χ0n) is 21.1. The highest BCUT2D eigenvalue weighted by Gasteiger charge is 2.15. The fraction of sp³-hybridized carbons (Fsp3) is 0.214. The molecule has 0 saturated heterocycles. The quantitative estimate of drug-likeness (QED) is 0.420. The van der Waals surface area contributed by atoms with Gasteiger partial charge in [-0.25, -0.2) is 4.79 Å². The third kappa shape index (κ3) is 5.30. The van der Waals surface area contributed by atoms with Crippen LogP contribution in [-0.4, -0.2) is 47.1 Å². The van der Waals surface area contributed by atoms with Crippen LogP contribution < -0.4 is 21.3 Å². The minimum absolute atomic E-state index is 0.0335. The van der Waals surface area contributed by atoms with E-state index in [-0.39, 0.29) is 23.7 Å². The van der Waals surface area contributed by atoms with E-state index >= 15 is 0 Å². The van der Waals surface area contributed by atoms with Gasteiger partial charge >= 0.3 is 5.69 Å². The van der Waals surface area contributed by atoms with Crippen LogP contribution in [0.4, 0.5) is 0 Å². The van der Waals surface area contributed by atoms with Gasteiger partial charge in [-0.3, -0.25) is 23.5 Å². The Labute approximate surface area is 213 Å². The third-order valence-electron chi connectivity index (χ3n) is 6.17. The summed E-state index contributed by atoms with van der Waals surface area (Å²) in [6, 6.07) is 18.8. The number of amides is 2. The number of hydrogen-bond acceptors (Lipinski definition) is 5. The van der Waals surface area contributed by atoms with Gasteiger partial charge in [0.05, 0.1) is 24.6 Å². The lowest BCUT2D eigenvalue weighted by Gasteiger charge is -2.13. The summed E-state index contributed by atoms with van der Waals surface area (Å²) in [4.78, 5) is 52.7. The van der Waals surface area contributed by atoms with Crippen molar-refractivity contribution in [2.24, 2.45) is 7.05 Å². The highest BCUT2D eigenvalue weighted by Crippen LogP contribution is 2.14. The SMILES string of the molecule is COc1ccc(CNC(=O)c2ccc3c(c2)c(=O)n(Cc2ccc(C(=O)N(C)C)cc2)c(=O)n3C)cc1. The van der Waals surface area contributed by atoms with Crippen molar-refractivity contribution in [2.75, 3.05) is 21.2 Å². The number of aryl methyl sites for hydroxylation is 1. The molecule has 0 fully saturated rings. The normalized spacial score (nSPS) is 10.8. The molecule has 0 atom stereocenters. The number of hydrogen-bond donors (Lipinski definition) is 1. The number of benzene rings is 3. The number of nitrogens with zero attached hydrogens (tertiary/aromatic N) is 3. The lowest BCUT2D eigenvalue weighted by Crippen LogP contribution is -2.39. The average molecular weight is 501 g/mol. The largest absolute Gasteiger partial charge is 0.497 e. The summed E-state index contributed by atoms with van der Waals surface area (Å²) in [5, 5.41) is 3.11. The Kier molecular flexibility index (Phi) is 7.24. The highest BCUT2D eigenvalue weighted by atomic mass is 16.5. The fourth-order valence-electron chi connectivity index (χ4n) is 4.02. The van der Waals surface area contributed by atoms with E-state index in [9.17, 15) is 19.2 Å². The van der Waals surface area contributed by atoms with E-state index < -0.39 is 11.2 Å². The van der Waals surface area contributed by atoms with Crippen molar-refractivity contribution in [3.63, 3.8) is 0 Å². The zero-order chi connectivity index (χ0) is 26.7. The number of methoxy groups -OCH3 is 1. The Morgan fingerprint density at radius 3 is 2.14 bits per heavy atom. The van der Waals surface area contributed by atoms with Crippen LogP contribution in [0.25, 0.3) is 10.9 Å². The molecule has 1 heterocycles. The molecule has 9 heteroatoms. The summed E-state index contributed by atoms with van der Waals surface area (Å²) < 4.78 is 7.66. The molecule has 190 valence electrons. The molecule has 0 saturated carbocycles. The fourth-order valence-corrected chi connectivity index (χ4v) is 4.02. The standard InChI is InChI=1S/C28H28N4O5/c1-30(2)26(34)20-9-5-19(6-10-20)17-32-27(35)23-15-21(11-14-24(23)31(3)28(32)36)25(33)29-16-18-7-12-22(37-4)13-8-18/h5-15H,16-17H2,1-4H3,(H,29,33). The molecule has 37 heavy (non-hydrogen) atoms. The van der Waals surface area contributed by atoms with Crippen LogP contribution in [0.3, 0.4) is 0 Å². The second kappa shape index (κ2) is 10.5. The van der Waals surface area contributed by atoms with Gasteiger partial charge in [0.15, 0.2) is 0 Å². The van der Waals surface area contributed by atoms with Gasteiger partial charge in [-0.1, -0.05) is 24.3 Å². The summed E-state index contributed by atoms with van der Waals surface area (Å²) in [7, 11) is 6.51. The molecular weight excluding hydrogens is 472 g/mol. The van der Waals surface area contributed by atoms with Crippen LogP contribution in [0.15, 0.2) is 76.3 Å². The lowest BCUT2D eigenvalue weighted by molar-refractivity contribution is 0.0827. The molecule has 2 amide bonds. The molecule has 3 aromatic carbocycles. The van der Waals surface area contributed by atoms with Gasteiger partial charge in [0.25, 0.3) is 17.4 Å². The van der Waals surface area contributed by atoms with Crippen molar-refractivity contribution in [1.29, 1.82) is 0 Å². The molecule has 0 aliphatic heterocycles. The molecule has 0 radical (unpaired) electrons. The summed E-state index contributed by atoms with van der Waals surface area (Å²) in [5.41, 5.74) is 1.90. The first-order chi connectivity index (χ1) is 17.7. The van der Waals surface area contributed by atoms with Crippen molar-refractivity contribution < 1.29 is 14.3 Å². The van der Waals surface area contributed by atoms with Gasteiger partial charge in [0.1, 0.15) is 5.75 Å². The summed E-state index contributed by atoms with van der Waals surface area (Å²) in [5.74, 6) is 0.256. The average Bonchev–Trinajstić information content (AvgIpc) is 2.92. The van der Waals surface area contributed by atoms with E-state index in [1.807, 2.05) is 24.3 Å². The second-order valence-corrected chi connectivity index (χ2v) is 8.89. The number of rotatable bonds is 7. The predicted octanol–water partition coefficient (Wildman–Crippen LogP) is 2.39. The number of ether oxygens (including phenoxy) is 1. The van der Waals surface area contributed by atoms with E-state index in [4.69, 9.17) is 4.74 Å². The molecule has 1 aromatic heterocycles. The van der Waals surface area contributed by atoms with Gasteiger partial charge in [-0.15, -0.1) is 0 Å². The predicted molar refractivity (Wildman–Crippen MR) is 141 cm³/mol. The highest BCUT2D eigenvalue weighted by molar-refractivity contribution is 5.97.